The minimum Gasteiger partial charge on any atom is -0.296 e. The van der Waals surface area contributed by atoms with Gasteiger partial charge in [0, 0.05) is 12.1 Å². The summed E-state index contributed by atoms with van der Waals surface area (Å²) in [6, 6.07) is 2.12. The fraction of sp³-hybridized carbons (Fsp3) is 0. The van der Waals surface area contributed by atoms with Crippen molar-refractivity contribution >= 4 is 51.3 Å². The van der Waals surface area contributed by atoms with E-state index in [0.29, 0.717) is 0 Å². The van der Waals surface area contributed by atoms with Crippen molar-refractivity contribution in [2.75, 3.05) is 5.32 Å². The number of nitro groups is 1. The van der Waals surface area contributed by atoms with Gasteiger partial charge < -0.3 is 0 Å². The van der Waals surface area contributed by atoms with E-state index in [1.807, 2.05) is 0 Å². The summed E-state index contributed by atoms with van der Waals surface area (Å²) in [4.78, 5) is 22.0. The molecule has 98 valence electrons. The van der Waals surface area contributed by atoms with Gasteiger partial charge in [0.25, 0.3) is 11.6 Å². The van der Waals surface area contributed by atoms with Gasteiger partial charge in [-0.25, -0.2) is 0 Å². The van der Waals surface area contributed by atoms with Crippen molar-refractivity contribution < 1.29 is 9.72 Å². The number of nitrogens with one attached hydrogen (secondary N) is 1. The Labute approximate surface area is 120 Å². The summed E-state index contributed by atoms with van der Waals surface area (Å²) in [7, 11) is 0. The fourth-order valence-corrected chi connectivity index (χ4v) is 2.09. The summed E-state index contributed by atoms with van der Waals surface area (Å²) in [5.41, 5.74) is 1.00. The molecule has 1 aromatic heterocycles. The maximum Gasteiger partial charge on any atom is 0.271 e. The number of carbonyl (C=O) groups excluding carboxylic acids is 1. The van der Waals surface area contributed by atoms with Gasteiger partial charge >= 0.3 is 0 Å². The second-order valence-corrected chi connectivity index (χ2v) is 4.86. The molecule has 2 aromatic rings. The van der Waals surface area contributed by atoms with E-state index in [1.165, 1.54) is 5.51 Å². The number of benzene rings is 1. The van der Waals surface area contributed by atoms with Crippen molar-refractivity contribution in [2.45, 2.75) is 0 Å². The second kappa shape index (κ2) is 5.47. The number of carbonyl (C=O) groups is 1. The van der Waals surface area contributed by atoms with Crippen LogP contribution in [0.5, 0.6) is 0 Å². The van der Waals surface area contributed by atoms with Gasteiger partial charge in [0.2, 0.25) is 5.13 Å². The third-order valence-corrected chi connectivity index (χ3v) is 3.46. The van der Waals surface area contributed by atoms with Crippen molar-refractivity contribution in [1.82, 2.24) is 10.2 Å². The highest BCUT2D eigenvalue weighted by molar-refractivity contribution is 7.13. The Bertz CT molecular complexity index is 647. The molecule has 1 amide bonds. The van der Waals surface area contributed by atoms with E-state index >= 15 is 0 Å². The molecular formula is C9H4Cl2N4O3S. The lowest BCUT2D eigenvalue weighted by Gasteiger charge is -2.05. The quantitative estimate of drug-likeness (QED) is 0.692. The number of rotatable bonds is 3. The van der Waals surface area contributed by atoms with E-state index in [2.05, 4.69) is 15.5 Å². The van der Waals surface area contributed by atoms with Crippen LogP contribution in [-0.2, 0) is 0 Å². The number of anilines is 1. The Morgan fingerprint density at radius 1 is 1.42 bits per heavy atom. The highest BCUT2D eigenvalue weighted by Crippen LogP contribution is 2.31. The van der Waals surface area contributed by atoms with Crippen LogP contribution in [-0.4, -0.2) is 21.0 Å². The van der Waals surface area contributed by atoms with Crippen LogP contribution in [0.2, 0.25) is 10.0 Å². The predicted molar refractivity (Wildman–Crippen MR) is 71.0 cm³/mol. The van der Waals surface area contributed by atoms with Crippen molar-refractivity contribution in [1.29, 1.82) is 0 Å². The van der Waals surface area contributed by atoms with Crippen molar-refractivity contribution in [3.8, 4) is 0 Å². The summed E-state index contributed by atoms with van der Waals surface area (Å²) < 4.78 is 0. The molecular weight excluding hydrogens is 315 g/mol. The molecule has 19 heavy (non-hydrogen) atoms. The monoisotopic (exact) mass is 318 g/mol. The summed E-state index contributed by atoms with van der Waals surface area (Å²) in [5, 5.41) is 20.4. The molecule has 0 radical (unpaired) electrons. The van der Waals surface area contributed by atoms with Crippen molar-refractivity contribution in [3.63, 3.8) is 0 Å². The van der Waals surface area contributed by atoms with Gasteiger partial charge in [0.05, 0.1) is 20.5 Å². The van der Waals surface area contributed by atoms with E-state index in [0.717, 1.165) is 23.5 Å². The third-order valence-electron chi connectivity index (χ3n) is 2.05. The summed E-state index contributed by atoms with van der Waals surface area (Å²) >= 11 is 12.7. The number of hydrogen-bond donors (Lipinski definition) is 1. The molecule has 0 unspecified atom stereocenters. The zero-order valence-corrected chi connectivity index (χ0v) is 11.3. The number of hydrogen-bond acceptors (Lipinski definition) is 6. The first kappa shape index (κ1) is 13.7. The molecule has 1 N–H and O–H groups in total. The number of nitro benzene ring substituents is 1. The molecule has 0 aliphatic carbocycles. The number of aromatic nitrogens is 2. The van der Waals surface area contributed by atoms with Gasteiger partial charge in [-0.3, -0.25) is 20.2 Å². The smallest absolute Gasteiger partial charge is 0.271 e. The molecule has 0 fully saturated rings. The van der Waals surface area contributed by atoms with Crippen LogP contribution in [0, 0.1) is 10.1 Å². The SMILES string of the molecule is O=C(Nc1nncs1)c1cc([N+](=O)[O-])cc(Cl)c1Cl. The average molecular weight is 319 g/mol. The summed E-state index contributed by atoms with van der Waals surface area (Å²) in [5.74, 6) is -0.646. The van der Waals surface area contributed by atoms with E-state index < -0.39 is 10.8 Å². The summed E-state index contributed by atoms with van der Waals surface area (Å²) in [6.45, 7) is 0. The lowest BCUT2D eigenvalue weighted by Crippen LogP contribution is -2.13. The highest BCUT2D eigenvalue weighted by atomic mass is 35.5. The molecule has 0 atom stereocenters. The Balaban J connectivity index is 2.38. The molecule has 0 spiro atoms. The van der Waals surface area contributed by atoms with Crippen molar-refractivity contribution in [3.05, 3.63) is 43.4 Å². The normalized spacial score (nSPS) is 10.2. The zero-order valence-electron chi connectivity index (χ0n) is 8.96. The van der Waals surface area contributed by atoms with Crippen molar-refractivity contribution in [2.24, 2.45) is 0 Å². The van der Waals surface area contributed by atoms with Gasteiger partial charge in [-0.05, 0) is 0 Å². The Morgan fingerprint density at radius 2 is 2.16 bits per heavy atom. The lowest BCUT2D eigenvalue weighted by molar-refractivity contribution is -0.384. The van der Waals surface area contributed by atoms with Crippen LogP contribution < -0.4 is 5.32 Å². The van der Waals surface area contributed by atoms with Crippen LogP contribution in [0.15, 0.2) is 17.6 Å². The van der Waals surface area contributed by atoms with Gasteiger partial charge in [0.1, 0.15) is 5.51 Å². The molecule has 2 rings (SSSR count). The number of amides is 1. The maximum absolute atomic E-state index is 11.9. The molecule has 0 aliphatic heterocycles. The zero-order chi connectivity index (χ0) is 14.0. The minimum atomic E-state index is -0.663. The molecule has 10 heteroatoms. The number of halogens is 2. The van der Waals surface area contributed by atoms with Gasteiger partial charge in [0.15, 0.2) is 0 Å². The van der Waals surface area contributed by atoms with Gasteiger partial charge in [-0.1, -0.05) is 34.5 Å². The minimum absolute atomic E-state index is 0.0609. The Hall–Kier alpha value is -1.77. The maximum atomic E-state index is 11.9. The van der Waals surface area contributed by atoms with E-state index in [1.54, 1.807) is 0 Å². The lowest BCUT2D eigenvalue weighted by atomic mass is 10.2. The first-order valence-corrected chi connectivity index (χ1v) is 6.33. The second-order valence-electron chi connectivity index (χ2n) is 3.24. The Kier molecular flexibility index (Phi) is 3.93. The third kappa shape index (κ3) is 2.98. The van der Waals surface area contributed by atoms with Gasteiger partial charge in [-0.15, -0.1) is 10.2 Å². The van der Waals surface area contributed by atoms with Crippen LogP contribution in [0.25, 0.3) is 0 Å². The first-order chi connectivity index (χ1) is 8.99. The molecule has 7 nitrogen and oxygen atoms in total. The molecule has 0 aliphatic rings. The largest absolute Gasteiger partial charge is 0.296 e. The molecule has 1 heterocycles. The topological polar surface area (TPSA) is 98.0 Å². The van der Waals surface area contributed by atoms with E-state index in [9.17, 15) is 14.9 Å². The highest BCUT2D eigenvalue weighted by Gasteiger charge is 2.20. The van der Waals surface area contributed by atoms with Crippen LogP contribution in [0.4, 0.5) is 10.8 Å². The van der Waals surface area contributed by atoms with E-state index in [4.69, 9.17) is 23.2 Å². The molecule has 0 saturated heterocycles. The first-order valence-electron chi connectivity index (χ1n) is 4.70. The predicted octanol–water partition coefficient (Wildman–Crippen LogP) is 3.01. The fourth-order valence-electron chi connectivity index (χ4n) is 1.24. The number of nitrogens with zero attached hydrogens (tertiary/aromatic N) is 3. The molecule has 1 aromatic carbocycles. The molecule has 0 saturated carbocycles. The average Bonchev–Trinajstić information content (AvgIpc) is 2.84. The standard InChI is InChI=1S/C9H4Cl2N4O3S/c10-6-2-4(15(17)18)1-5(7(6)11)8(16)13-9-14-12-3-19-9/h1-3H,(H,13,14,16). The van der Waals surface area contributed by atoms with Crippen LogP contribution >= 0.6 is 34.5 Å². The Morgan fingerprint density at radius 3 is 2.74 bits per heavy atom. The number of non-ortho nitro benzene ring substituents is 1. The summed E-state index contributed by atoms with van der Waals surface area (Å²) in [6.07, 6.45) is 0. The van der Waals surface area contributed by atoms with Gasteiger partial charge in [-0.2, -0.15) is 0 Å². The van der Waals surface area contributed by atoms with Crippen LogP contribution in [0.1, 0.15) is 10.4 Å². The molecule has 0 bridgehead atoms. The van der Waals surface area contributed by atoms with E-state index in [-0.39, 0.29) is 26.4 Å². The van der Waals surface area contributed by atoms with Crippen LogP contribution in [0.3, 0.4) is 0 Å².